The van der Waals surface area contributed by atoms with Crippen molar-refractivity contribution in [2.24, 2.45) is 0 Å². The van der Waals surface area contributed by atoms with Crippen LogP contribution in [0.4, 0.5) is 0 Å². The van der Waals surface area contributed by atoms with Gasteiger partial charge in [0.15, 0.2) is 0 Å². The molecule has 14 rings (SSSR count). The second kappa shape index (κ2) is 14.5. The molecule has 0 amide bonds. The molecule has 0 radical (unpaired) electrons. The van der Waals surface area contributed by atoms with Gasteiger partial charge in [0, 0.05) is 27.5 Å². The molecular weight excluding hydrogens is 801 g/mol. The van der Waals surface area contributed by atoms with E-state index in [1.165, 1.54) is 82.0 Å². The Morgan fingerprint density at radius 1 is 0.318 bits per heavy atom. The van der Waals surface area contributed by atoms with Crippen molar-refractivity contribution in [1.29, 1.82) is 0 Å². The van der Waals surface area contributed by atoms with E-state index in [4.69, 9.17) is 8.83 Å². The van der Waals surface area contributed by atoms with E-state index < -0.39 is 0 Å². The van der Waals surface area contributed by atoms with Gasteiger partial charge in [-0.2, -0.15) is 0 Å². The predicted octanol–water partition coefficient (Wildman–Crippen LogP) is 18.4. The minimum atomic E-state index is 0.269. The van der Waals surface area contributed by atoms with Crippen LogP contribution in [0.25, 0.3) is 131 Å². The molecule has 0 spiro atoms. The standard InChI is InChI=1S/C64H40O2/c1-3-17-39(18-4-1)41-23-11-27-47-53(41)37-54-42(40-19-5-2-6-20-40)24-12-28-48(54)63(47)64-49-29-13-25-43(45-31-15-35-59-61(45)51-21-7-9-33-57(51)65-59)55(49)38-56-44(26-14-30-50(56)64)46-32-16-36-60-62(46)52-22-8-10-34-58(52)66-60/h1-19,21-38,40H,20H2. The van der Waals surface area contributed by atoms with Gasteiger partial charge >= 0.3 is 0 Å². The van der Waals surface area contributed by atoms with Gasteiger partial charge < -0.3 is 8.83 Å². The topological polar surface area (TPSA) is 26.3 Å². The summed E-state index contributed by atoms with van der Waals surface area (Å²) in [7, 11) is 0. The van der Waals surface area contributed by atoms with E-state index in [9.17, 15) is 0 Å². The third-order valence-corrected chi connectivity index (χ3v) is 14.2. The second-order valence-corrected chi connectivity index (χ2v) is 17.7. The summed E-state index contributed by atoms with van der Waals surface area (Å²) in [6.45, 7) is 0. The zero-order valence-corrected chi connectivity index (χ0v) is 36.0. The summed E-state index contributed by atoms with van der Waals surface area (Å²) in [6.07, 6.45) is 10.0. The van der Waals surface area contributed by atoms with Crippen LogP contribution in [0.15, 0.2) is 233 Å². The van der Waals surface area contributed by atoms with Crippen LogP contribution in [0.3, 0.4) is 0 Å². The lowest BCUT2D eigenvalue weighted by molar-refractivity contribution is 0.668. The molecule has 1 atom stereocenters. The Hall–Kier alpha value is -8.46. The lowest BCUT2D eigenvalue weighted by Crippen LogP contribution is -1.99. The van der Waals surface area contributed by atoms with Crippen molar-refractivity contribution >= 4 is 87.0 Å². The molecule has 0 saturated carbocycles. The molecule has 66 heavy (non-hydrogen) atoms. The summed E-state index contributed by atoms with van der Waals surface area (Å²) in [5.41, 5.74) is 14.5. The molecule has 2 heteroatoms. The first-order valence-electron chi connectivity index (χ1n) is 22.9. The van der Waals surface area contributed by atoms with Crippen LogP contribution in [0, 0.1) is 0 Å². The van der Waals surface area contributed by atoms with Crippen molar-refractivity contribution in [3.05, 3.63) is 230 Å². The van der Waals surface area contributed by atoms with E-state index in [-0.39, 0.29) is 5.92 Å². The molecule has 11 aromatic carbocycles. The highest BCUT2D eigenvalue weighted by Gasteiger charge is 2.24. The third kappa shape index (κ3) is 5.49. The van der Waals surface area contributed by atoms with Gasteiger partial charge in [0.05, 0.1) is 0 Å². The van der Waals surface area contributed by atoms with Crippen molar-refractivity contribution in [3.63, 3.8) is 0 Å². The number of benzene rings is 11. The molecule has 308 valence electrons. The van der Waals surface area contributed by atoms with Crippen LogP contribution in [0.2, 0.25) is 0 Å². The van der Waals surface area contributed by atoms with E-state index in [1.807, 2.05) is 0 Å². The molecule has 1 unspecified atom stereocenters. The molecule has 0 bridgehead atoms. The van der Waals surface area contributed by atoms with Crippen molar-refractivity contribution in [1.82, 2.24) is 0 Å². The quantitative estimate of drug-likeness (QED) is 0.161. The first-order valence-corrected chi connectivity index (χ1v) is 22.9. The van der Waals surface area contributed by atoms with Gasteiger partial charge in [-0.25, -0.2) is 0 Å². The normalized spacial score (nSPS) is 14.0. The molecular formula is C64H40O2. The summed E-state index contributed by atoms with van der Waals surface area (Å²) in [4.78, 5) is 0. The zero-order chi connectivity index (χ0) is 43.3. The smallest absolute Gasteiger partial charge is 0.136 e. The van der Waals surface area contributed by atoms with Gasteiger partial charge in [-0.3, -0.25) is 0 Å². The zero-order valence-electron chi connectivity index (χ0n) is 36.0. The third-order valence-electron chi connectivity index (χ3n) is 14.2. The monoisotopic (exact) mass is 840 g/mol. The van der Waals surface area contributed by atoms with Crippen LogP contribution in [0.5, 0.6) is 0 Å². The van der Waals surface area contributed by atoms with Gasteiger partial charge in [0.1, 0.15) is 22.3 Å². The highest BCUT2D eigenvalue weighted by molar-refractivity contribution is 6.29. The lowest BCUT2D eigenvalue weighted by atomic mass is 9.80. The summed E-state index contributed by atoms with van der Waals surface area (Å²) >= 11 is 0. The SMILES string of the molecule is C1=CCC(c2cccc3c(-c4c5cccc(-c6cccc7oc8ccccc8c67)c5cc5c(-c6cccc7oc8ccccc8c67)cccc45)c4cccc(-c5ccccc5)c4cc23)C=C1. The average molecular weight is 841 g/mol. The van der Waals surface area contributed by atoms with Crippen LogP contribution < -0.4 is 0 Å². The minimum Gasteiger partial charge on any atom is -0.456 e. The summed E-state index contributed by atoms with van der Waals surface area (Å²) in [5.74, 6) is 0.269. The van der Waals surface area contributed by atoms with Gasteiger partial charge in [-0.05, 0) is 136 Å². The fraction of sp³-hybridized carbons (Fsp3) is 0.0312. The van der Waals surface area contributed by atoms with Crippen LogP contribution >= 0.6 is 0 Å². The summed E-state index contributed by atoms with van der Waals surface area (Å²) < 4.78 is 13.0. The van der Waals surface area contributed by atoms with Crippen molar-refractivity contribution in [3.8, 4) is 44.5 Å². The van der Waals surface area contributed by atoms with Gasteiger partial charge in [0.2, 0.25) is 0 Å². The average Bonchev–Trinajstić information content (AvgIpc) is 3.96. The molecule has 13 aromatic rings. The number of fused-ring (bicyclic) bond motifs is 10. The number of hydrogen-bond donors (Lipinski definition) is 0. The number of hydrogen-bond acceptors (Lipinski definition) is 2. The highest BCUT2D eigenvalue weighted by atomic mass is 16.3. The first kappa shape index (κ1) is 37.0. The van der Waals surface area contributed by atoms with E-state index >= 15 is 0 Å². The van der Waals surface area contributed by atoms with Gasteiger partial charge in [-0.15, -0.1) is 0 Å². The molecule has 1 aliphatic carbocycles. The van der Waals surface area contributed by atoms with Crippen molar-refractivity contribution in [2.45, 2.75) is 12.3 Å². The Balaban J connectivity index is 1.18. The fourth-order valence-electron chi connectivity index (χ4n) is 11.4. The van der Waals surface area contributed by atoms with Crippen LogP contribution in [-0.2, 0) is 0 Å². The Morgan fingerprint density at radius 2 is 0.758 bits per heavy atom. The molecule has 0 saturated heterocycles. The summed E-state index contributed by atoms with van der Waals surface area (Å²) in [6, 6.07) is 73.4. The number of furan rings is 2. The number of allylic oxidation sites excluding steroid dienone is 4. The van der Waals surface area contributed by atoms with Crippen LogP contribution in [0.1, 0.15) is 17.9 Å². The molecule has 1 aliphatic rings. The predicted molar refractivity (Wildman–Crippen MR) is 278 cm³/mol. The Morgan fingerprint density at radius 3 is 1.33 bits per heavy atom. The molecule has 2 nitrogen and oxygen atoms in total. The molecule has 0 N–H and O–H groups in total. The van der Waals surface area contributed by atoms with Crippen molar-refractivity contribution < 1.29 is 8.83 Å². The van der Waals surface area contributed by atoms with Gasteiger partial charge in [0.25, 0.3) is 0 Å². The lowest BCUT2D eigenvalue weighted by Gasteiger charge is -2.23. The molecule has 0 fully saturated rings. The summed E-state index contributed by atoms with van der Waals surface area (Å²) in [5, 5.41) is 14.3. The maximum absolute atomic E-state index is 6.52. The maximum atomic E-state index is 6.52. The highest BCUT2D eigenvalue weighted by Crippen LogP contribution is 2.51. The maximum Gasteiger partial charge on any atom is 0.136 e. The van der Waals surface area contributed by atoms with E-state index in [0.717, 1.165) is 61.4 Å². The minimum absolute atomic E-state index is 0.269. The Kier molecular flexibility index (Phi) is 8.14. The number of para-hydroxylation sites is 2. The molecule has 2 heterocycles. The first-order chi connectivity index (χ1) is 32.8. The van der Waals surface area contributed by atoms with E-state index in [0.29, 0.717) is 0 Å². The van der Waals surface area contributed by atoms with E-state index in [2.05, 4.69) is 224 Å². The number of rotatable bonds is 5. The van der Waals surface area contributed by atoms with Gasteiger partial charge in [-0.1, -0.05) is 188 Å². The second-order valence-electron chi connectivity index (χ2n) is 17.7. The Bertz CT molecular complexity index is 4030. The molecule has 2 aromatic heterocycles. The van der Waals surface area contributed by atoms with Crippen molar-refractivity contribution in [2.75, 3.05) is 0 Å². The largest absolute Gasteiger partial charge is 0.456 e. The van der Waals surface area contributed by atoms with Crippen LogP contribution in [-0.4, -0.2) is 0 Å². The Labute approximate surface area is 381 Å². The molecule has 0 aliphatic heterocycles. The van der Waals surface area contributed by atoms with E-state index in [1.54, 1.807) is 0 Å². The fourth-order valence-corrected chi connectivity index (χ4v) is 11.4.